The second-order valence-electron chi connectivity index (χ2n) is 9.03. The van der Waals surface area contributed by atoms with Gasteiger partial charge in [-0.3, -0.25) is 9.69 Å². The summed E-state index contributed by atoms with van der Waals surface area (Å²) in [6, 6.07) is 12.4. The van der Waals surface area contributed by atoms with E-state index < -0.39 is 11.9 Å². The number of benzene rings is 1. The van der Waals surface area contributed by atoms with Gasteiger partial charge in [0.05, 0.1) is 5.56 Å². The van der Waals surface area contributed by atoms with Gasteiger partial charge in [0.15, 0.2) is 0 Å². The maximum atomic E-state index is 12.3. The number of pyridine rings is 1. The molecule has 1 amide bonds. The Labute approximate surface area is 212 Å². The Morgan fingerprint density at radius 2 is 1.64 bits per heavy atom. The first-order valence-electron chi connectivity index (χ1n) is 12.0. The van der Waals surface area contributed by atoms with E-state index in [1.165, 1.54) is 11.3 Å². The number of carbonyl (C=O) groups excluding carboxylic acids is 1. The monoisotopic (exact) mass is 499 g/mol. The second-order valence-corrected chi connectivity index (χ2v) is 9.03. The summed E-state index contributed by atoms with van der Waals surface area (Å²) in [5.41, 5.74) is 3.45. The molecule has 0 spiro atoms. The molecule has 36 heavy (non-hydrogen) atoms. The summed E-state index contributed by atoms with van der Waals surface area (Å²) in [7, 11) is 3.52. The maximum Gasteiger partial charge on any atom is 0.414 e. The molecule has 1 aliphatic heterocycles. The Bertz CT molecular complexity index is 1010. The molecule has 10 heteroatoms. The van der Waals surface area contributed by atoms with Crippen LogP contribution in [-0.4, -0.2) is 96.2 Å². The largest absolute Gasteiger partial charge is 0.473 e. The highest BCUT2D eigenvalue weighted by Gasteiger charge is 2.20. The third-order valence-electron chi connectivity index (χ3n) is 5.84. The Morgan fingerprint density at radius 1 is 1.00 bits per heavy atom. The molecule has 0 bridgehead atoms. The minimum Gasteiger partial charge on any atom is -0.473 e. The smallest absolute Gasteiger partial charge is 0.414 e. The number of anilines is 2. The van der Waals surface area contributed by atoms with Crippen LogP contribution in [0.15, 0.2) is 42.6 Å². The fraction of sp³-hybridized carbons (Fsp3) is 0.462. The van der Waals surface area contributed by atoms with Crippen LogP contribution in [0.2, 0.25) is 0 Å². The number of hydrogen-bond donors (Lipinski definition) is 3. The SMILES string of the molecule is CC(C)c1ccccc1N1CCN(CCCNc2ncccc2C(=O)N(C)C)CC1.O=C(O)C(=O)O. The average Bonchev–Trinajstić information content (AvgIpc) is 2.87. The zero-order valence-corrected chi connectivity index (χ0v) is 21.5. The predicted molar refractivity (Wildman–Crippen MR) is 140 cm³/mol. The van der Waals surface area contributed by atoms with E-state index in [1.807, 2.05) is 6.07 Å². The topological polar surface area (TPSA) is 126 Å². The number of hydrogen-bond acceptors (Lipinski definition) is 7. The highest BCUT2D eigenvalue weighted by atomic mass is 16.4. The highest BCUT2D eigenvalue weighted by Crippen LogP contribution is 2.28. The molecule has 10 nitrogen and oxygen atoms in total. The molecule has 196 valence electrons. The van der Waals surface area contributed by atoms with Crippen molar-refractivity contribution in [1.29, 1.82) is 0 Å². The van der Waals surface area contributed by atoms with Crippen LogP contribution >= 0.6 is 0 Å². The molecule has 0 aliphatic carbocycles. The summed E-state index contributed by atoms with van der Waals surface area (Å²) in [5.74, 6) is -2.46. The van der Waals surface area contributed by atoms with E-state index >= 15 is 0 Å². The summed E-state index contributed by atoms with van der Waals surface area (Å²) in [6.45, 7) is 10.7. The summed E-state index contributed by atoms with van der Waals surface area (Å²) < 4.78 is 0. The van der Waals surface area contributed by atoms with Crippen molar-refractivity contribution in [2.45, 2.75) is 26.2 Å². The number of rotatable bonds is 8. The van der Waals surface area contributed by atoms with Gasteiger partial charge in [-0.1, -0.05) is 32.0 Å². The Kier molecular flexibility index (Phi) is 11.1. The normalized spacial score (nSPS) is 13.5. The predicted octanol–water partition coefficient (Wildman–Crippen LogP) is 2.69. The van der Waals surface area contributed by atoms with Gasteiger partial charge in [0.25, 0.3) is 5.91 Å². The van der Waals surface area contributed by atoms with Crippen molar-refractivity contribution in [3.63, 3.8) is 0 Å². The lowest BCUT2D eigenvalue weighted by Gasteiger charge is -2.37. The fourth-order valence-corrected chi connectivity index (χ4v) is 3.95. The van der Waals surface area contributed by atoms with Crippen LogP contribution in [0.4, 0.5) is 11.5 Å². The highest BCUT2D eigenvalue weighted by molar-refractivity contribution is 6.27. The summed E-state index contributed by atoms with van der Waals surface area (Å²) in [5, 5.41) is 18.1. The molecule has 0 unspecified atom stereocenters. The molecule has 3 rings (SSSR count). The molecule has 1 aromatic heterocycles. The van der Waals surface area contributed by atoms with Gasteiger partial charge in [0.2, 0.25) is 0 Å². The lowest BCUT2D eigenvalue weighted by molar-refractivity contribution is -0.159. The number of nitrogens with zero attached hydrogens (tertiary/aromatic N) is 4. The number of carboxylic acids is 2. The van der Waals surface area contributed by atoms with E-state index in [-0.39, 0.29) is 5.91 Å². The number of carbonyl (C=O) groups is 3. The van der Waals surface area contributed by atoms with Gasteiger partial charge in [-0.2, -0.15) is 0 Å². The molecule has 0 atom stereocenters. The molecular formula is C26H37N5O5. The minimum absolute atomic E-state index is 0.0246. The summed E-state index contributed by atoms with van der Waals surface area (Å²) >= 11 is 0. The first-order valence-corrected chi connectivity index (χ1v) is 12.0. The van der Waals surface area contributed by atoms with Crippen molar-refractivity contribution in [2.24, 2.45) is 0 Å². The van der Waals surface area contributed by atoms with E-state index in [2.05, 4.69) is 58.2 Å². The van der Waals surface area contributed by atoms with Gasteiger partial charge in [-0.25, -0.2) is 14.6 Å². The first kappa shape index (κ1) is 28.6. The third kappa shape index (κ3) is 8.53. The Morgan fingerprint density at radius 3 is 2.22 bits per heavy atom. The molecule has 0 saturated carbocycles. The number of carboxylic acid groups (broad SMARTS) is 2. The van der Waals surface area contributed by atoms with Gasteiger partial charge < -0.3 is 25.3 Å². The van der Waals surface area contributed by atoms with Crippen molar-refractivity contribution in [3.8, 4) is 0 Å². The minimum atomic E-state index is -1.82. The molecule has 1 aliphatic rings. The Hall–Kier alpha value is -3.66. The van der Waals surface area contributed by atoms with Gasteiger partial charge >= 0.3 is 11.9 Å². The van der Waals surface area contributed by atoms with Crippen LogP contribution in [-0.2, 0) is 9.59 Å². The second kappa shape index (κ2) is 14.0. The third-order valence-corrected chi connectivity index (χ3v) is 5.84. The number of para-hydroxylation sites is 1. The lowest BCUT2D eigenvalue weighted by Crippen LogP contribution is -2.47. The van der Waals surface area contributed by atoms with E-state index in [4.69, 9.17) is 19.8 Å². The van der Waals surface area contributed by atoms with E-state index in [9.17, 15) is 4.79 Å². The van der Waals surface area contributed by atoms with Crippen molar-refractivity contribution in [2.75, 3.05) is 63.6 Å². The average molecular weight is 500 g/mol. The molecular weight excluding hydrogens is 462 g/mol. The quantitative estimate of drug-likeness (QED) is 0.371. The van der Waals surface area contributed by atoms with Crippen LogP contribution in [0, 0.1) is 0 Å². The standard InChI is InChI=1S/C24H35N5O.C2H2O4/c1-19(2)20-9-5-6-11-22(20)29-17-15-28(16-18-29)14-8-13-26-23-21(10-7-12-25-23)24(30)27(3)4;3-1(4)2(5)6/h5-7,9-12,19H,8,13-18H2,1-4H3,(H,25,26);(H,3,4)(H,5,6). The van der Waals surface area contributed by atoms with Crippen LogP contribution in [0.1, 0.15) is 42.1 Å². The van der Waals surface area contributed by atoms with Crippen LogP contribution in [0.3, 0.4) is 0 Å². The van der Waals surface area contributed by atoms with Crippen LogP contribution < -0.4 is 10.2 Å². The van der Waals surface area contributed by atoms with E-state index in [0.29, 0.717) is 17.3 Å². The van der Waals surface area contributed by atoms with Gasteiger partial charge in [-0.15, -0.1) is 0 Å². The first-order chi connectivity index (χ1) is 17.1. The molecule has 1 aromatic carbocycles. The zero-order valence-electron chi connectivity index (χ0n) is 21.5. The number of aliphatic carboxylic acids is 2. The van der Waals surface area contributed by atoms with Crippen LogP contribution in [0.25, 0.3) is 0 Å². The van der Waals surface area contributed by atoms with E-state index in [1.54, 1.807) is 31.3 Å². The van der Waals surface area contributed by atoms with Crippen molar-refractivity contribution in [1.82, 2.24) is 14.8 Å². The number of amides is 1. The zero-order chi connectivity index (χ0) is 26.7. The van der Waals surface area contributed by atoms with Crippen molar-refractivity contribution < 1.29 is 24.6 Å². The van der Waals surface area contributed by atoms with Crippen molar-refractivity contribution in [3.05, 3.63) is 53.7 Å². The number of nitrogens with one attached hydrogen (secondary N) is 1. The number of aromatic nitrogens is 1. The summed E-state index contributed by atoms with van der Waals surface area (Å²) in [6.07, 6.45) is 2.75. The van der Waals surface area contributed by atoms with Gasteiger partial charge in [-0.05, 0) is 42.6 Å². The number of piperazine rings is 1. The van der Waals surface area contributed by atoms with Crippen molar-refractivity contribution >= 4 is 29.4 Å². The molecule has 2 aromatic rings. The molecule has 0 radical (unpaired) electrons. The molecule has 1 fully saturated rings. The molecule has 3 N–H and O–H groups in total. The lowest BCUT2D eigenvalue weighted by atomic mass is 10.00. The molecule has 1 saturated heterocycles. The van der Waals surface area contributed by atoms with E-state index in [0.717, 1.165) is 45.7 Å². The van der Waals surface area contributed by atoms with Gasteiger partial charge in [0, 0.05) is 58.7 Å². The molecule has 2 heterocycles. The maximum absolute atomic E-state index is 12.3. The Balaban J connectivity index is 0.000000678. The van der Waals surface area contributed by atoms with Crippen LogP contribution in [0.5, 0.6) is 0 Å². The van der Waals surface area contributed by atoms with Gasteiger partial charge in [0.1, 0.15) is 5.82 Å². The fourth-order valence-electron chi connectivity index (χ4n) is 3.95. The summed E-state index contributed by atoms with van der Waals surface area (Å²) in [4.78, 5) is 41.5.